The van der Waals surface area contributed by atoms with E-state index in [9.17, 15) is 0 Å². The van der Waals surface area contributed by atoms with Crippen molar-refractivity contribution in [2.75, 3.05) is 9.80 Å². The summed E-state index contributed by atoms with van der Waals surface area (Å²) in [5, 5.41) is 15.5. The number of benzene rings is 14. The molecule has 330 valence electrons. The van der Waals surface area contributed by atoms with Crippen LogP contribution in [0.25, 0.3) is 98.0 Å². The summed E-state index contributed by atoms with van der Waals surface area (Å²) >= 11 is 0. The van der Waals surface area contributed by atoms with E-state index in [-0.39, 0.29) is 0 Å². The smallest absolute Gasteiger partial charge is 0.0473 e. The molecule has 0 bridgehead atoms. The van der Waals surface area contributed by atoms with Crippen LogP contribution in [0.5, 0.6) is 0 Å². The minimum absolute atomic E-state index is 0.971. The van der Waals surface area contributed by atoms with Crippen LogP contribution < -0.4 is 9.80 Å². The molecule has 0 spiro atoms. The van der Waals surface area contributed by atoms with Crippen molar-refractivity contribution in [2.24, 2.45) is 0 Å². The monoisotopic (exact) mass is 900 g/mol. The Kier molecular flexibility index (Phi) is 8.75. The summed E-state index contributed by atoms with van der Waals surface area (Å²) < 4.78 is 0. The highest BCUT2D eigenvalue weighted by Crippen LogP contribution is 2.46. The second-order valence-corrected chi connectivity index (χ2v) is 19.3. The Morgan fingerprint density at radius 1 is 0.211 bits per heavy atom. The maximum Gasteiger partial charge on any atom is 0.0473 e. The standard InChI is InChI=1S/C69H44N2/c1-2-16-58(17-3-1)70(62-39-54-23-19-46-10-6-11-47-20-24-55(40-62)68(54)66(46)47)59-32-27-44(28-33-59)50-14-8-15-51(37-50)45-29-34-60(35-30-45)71(61-36-31-53-38-52-9-4-5-18-64(52)65(53)43-61)63-41-56-25-21-48-12-7-13-49-22-26-57(42-63)69(56)67(48)49/h1-37,39-43H,38H2. The number of rotatable bonds is 8. The molecule has 71 heavy (non-hydrogen) atoms. The van der Waals surface area contributed by atoms with Crippen LogP contribution in [0.4, 0.5) is 34.1 Å². The van der Waals surface area contributed by atoms with Gasteiger partial charge in [-0.1, -0.05) is 176 Å². The van der Waals surface area contributed by atoms with E-state index in [4.69, 9.17) is 0 Å². The van der Waals surface area contributed by atoms with Crippen molar-refractivity contribution >= 4 is 98.8 Å². The van der Waals surface area contributed by atoms with Gasteiger partial charge in [-0.2, -0.15) is 0 Å². The van der Waals surface area contributed by atoms with E-state index >= 15 is 0 Å². The molecule has 0 amide bonds. The molecule has 0 saturated heterocycles. The van der Waals surface area contributed by atoms with Crippen molar-refractivity contribution < 1.29 is 0 Å². The Balaban J connectivity index is 0.783. The summed E-state index contributed by atoms with van der Waals surface area (Å²) in [6.07, 6.45) is 0.971. The lowest BCUT2D eigenvalue weighted by atomic mass is 9.93. The van der Waals surface area contributed by atoms with Crippen LogP contribution in [-0.4, -0.2) is 0 Å². The van der Waals surface area contributed by atoms with Crippen LogP contribution in [0.2, 0.25) is 0 Å². The highest BCUT2D eigenvalue weighted by molar-refractivity contribution is 6.25. The molecule has 0 N–H and O–H groups in total. The Morgan fingerprint density at radius 2 is 0.606 bits per heavy atom. The van der Waals surface area contributed by atoms with Crippen molar-refractivity contribution in [3.63, 3.8) is 0 Å². The van der Waals surface area contributed by atoms with E-state index in [2.05, 4.69) is 265 Å². The average molecular weight is 901 g/mol. The van der Waals surface area contributed by atoms with Gasteiger partial charge in [0.15, 0.2) is 0 Å². The maximum absolute atomic E-state index is 2.44. The summed E-state index contributed by atoms with van der Waals surface area (Å²) in [5.41, 5.74) is 16.9. The molecule has 0 radical (unpaired) electrons. The molecule has 2 nitrogen and oxygen atoms in total. The summed E-state index contributed by atoms with van der Waals surface area (Å²) in [6, 6.07) is 94.6. The second kappa shape index (κ2) is 15.6. The molecule has 0 fully saturated rings. The summed E-state index contributed by atoms with van der Waals surface area (Å²) in [4.78, 5) is 4.82. The molecular formula is C69H44N2. The Bertz CT molecular complexity index is 4230. The number of hydrogen-bond acceptors (Lipinski definition) is 2. The molecule has 2 heteroatoms. The minimum atomic E-state index is 0.971. The van der Waals surface area contributed by atoms with Crippen molar-refractivity contribution in [1.29, 1.82) is 0 Å². The number of anilines is 6. The zero-order chi connectivity index (χ0) is 46.6. The molecule has 1 aliphatic carbocycles. The Hall–Kier alpha value is -9.24. The van der Waals surface area contributed by atoms with Crippen LogP contribution in [0.1, 0.15) is 11.1 Å². The van der Waals surface area contributed by atoms with E-state index in [0.717, 1.165) is 40.5 Å². The van der Waals surface area contributed by atoms with Crippen molar-refractivity contribution in [3.8, 4) is 33.4 Å². The molecule has 0 aromatic heterocycles. The van der Waals surface area contributed by atoms with Gasteiger partial charge in [0.25, 0.3) is 0 Å². The Labute approximate surface area is 412 Å². The second-order valence-electron chi connectivity index (χ2n) is 19.3. The lowest BCUT2D eigenvalue weighted by Gasteiger charge is -2.27. The van der Waals surface area contributed by atoms with E-state index in [0.29, 0.717) is 0 Å². The lowest BCUT2D eigenvalue weighted by molar-refractivity contribution is 1.25. The highest BCUT2D eigenvalue weighted by Gasteiger charge is 2.23. The largest absolute Gasteiger partial charge is 0.310 e. The molecule has 0 atom stereocenters. The third kappa shape index (κ3) is 6.42. The van der Waals surface area contributed by atoms with Crippen LogP contribution in [0.15, 0.2) is 255 Å². The van der Waals surface area contributed by atoms with Gasteiger partial charge in [-0.05, 0) is 194 Å². The molecule has 0 heterocycles. The Morgan fingerprint density at radius 3 is 1.13 bits per heavy atom. The third-order valence-electron chi connectivity index (χ3n) is 15.2. The molecule has 1 aliphatic rings. The minimum Gasteiger partial charge on any atom is -0.310 e. The van der Waals surface area contributed by atoms with Gasteiger partial charge in [0.2, 0.25) is 0 Å². The molecule has 0 aliphatic heterocycles. The van der Waals surface area contributed by atoms with Crippen molar-refractivity contribution in [3.05, 3.63) is 266 Å². The number of para-hydroxylation sites is 1. The topological polar surface area (TPSA) is 6.48 Å². The van der Waals surface area contributed by atoms with Gasteiger partial charge >= 0.3 is 0 Å². The van der Waals surface area contributed by atoms with Crippen LogP contribution in [0.3, 0.4) is 0 Å². The first-order valence-corrected chi connectivity index (χ1v) is 24.7. The SMILES string of the molecule is c1ccc(N(c2ccc(-c3cccc(-c4ccc(N(c5ccc6c(c5)-c5ccccc5C6)c5cc6ccc7cccc8ccc(c5)c6c78)cc4)c3)cc2)c2cc3ccc4cccc5ccc(c2)c3c45)cc1. The average Bonchev–Trinajstić information content (AvgIpc) is 3.81. The van der Waals surface area contributed by atoms with Gasteiger partial charge in [-0.3, -0.25) is 0 Å². The van der Waals surface area contributed by atoms with Gasteiger partial charge in [-0.15, -0.1) is 0 Å². The van der Waals surface area contributed by atoms with Gasteiger partial charge in [0.05, 0.1) is 0 Å². The first kappa shape index (κ1) is 39.7. The van der Waals surface area contributed by atoms with Crippen molar-refractivity contribution in [1.82, 2.24) is 0 Å². The zero-order valence-electron chi connectivity index (χ0n) is 38.9. The maximum atomic E-state index is 2.44. The van der Waals surface area contributed by atoms with E-state index in [1.165, 1.54) is 109 Å². The summed E-state index contributed by atoms with van der Waals surface area (Å²) in [6.45, 7) is 0. The number of hydrogen-bond donors (Lipinski definition) is 0. The fourth-order valence-corrected chi connectivity index (χ4v) is 11.9. The summed E-state index contributed by atoms with van der Waals surface area (Å²) in [7, 11) is 0. The molecular weight excluding hydrogens is 857 g/mol. The fourth-order valence-electron chi connectivity index (χ4n) is 11.9. The van der Waals surface area contributed by atoms with E-state index in [1.54, 1.807) is 0 Å². The van der Waals surface area contributed by atoms with E-state index in [1.807, 2.05) is 0 Å². The predicted octanol–water partition coefficient (Wildman–Crippen LogP) is 19.3. The zero-order valence-corrected chi connectivity index (χ0v) is 38.9. The quantitative estimate of drug-likeness (QED) is 0.140. The molecule has 15 rings (SSSR count). The first-order chi connectivity index (χ1) is 35.1. The van der Waals surface area contributed by atoms with Crippen LogP contribution in [0, 0.1) is 0 Å². The van der Waals surface area contributed by atoms with Crippen LogP contribution >= 0.6 is 0 Å². The van der Waals surface area contributed by atoms with E-state index < -0.39 is 0 Å². The highest BCUT2D eigenvalue weighted by atomic mass is 15.1. The molecule has 14 aromatic rings. The van der Waals surface area contributed by atoms with Gasteiger partial charge in [0.1, 0.15) is 0 Å². The van der Waals surface area contributed by atoms with Gasteiger partial charge in [0, 0.05) is 34.1 Å². The fraction of sp³-hybridized carbons (Fsp3) is 0.0145. The molecule has 14 aromatic carbocycles. The van der Waals surface area contributed by atoms with Gasteiger partial charge < -0.3 is 9.80 Å². The van der Waals surface area contributed by atoms with Gasteiger partial charge in [-0.25, -0.2) is 0 Å². The predicted molar refractivity (Wildman–Crippen MR) is 302 cm³/mol. The normalized spacial score (nSPS) is 12.2. The lowest BCUT2D eigenvalue weighted by Crippen LogP contribution is -2.10. The summed E-state index contributed by atoms with van der Waals surface area (Å²) in [5.74, 6) is 0. The van der Waals surface area contributed by atoms with Crippen molar-refractivity contribution in [2.45, 2.75) is 6.42 Å². The third-order valence-corrected chi connectivity index (χ3v) is 15.2. The number of fused-ring (bicyclic) bond motifs is 3. The van der Waals surface area contributed by atoms with Crippen LogP contribution in [-0.2, 0) is 6.42 Å². The molecule has 0 saturated carbocycles. The molecule has 0 unspecified atom stereocenters. The number of nitrogens with zero attached hydrogens (tertiary/aromatic N) is 2. The first-order valence-electron chi connectivity index (χ1n) is 24.7.